The first-order valence-corrected chi connectivity index (χ1v) is 15.5. The predicted molar refractivity (Wildman–Crippen MR) is 136 cm³/mol. The fourth-order valence-electron chi connectivity index (χ4n) is 4.89. The van der Waals surface area contributed by atoms with Gasteiger partial charge in [-0.2, -0.15) is 0 Å². The number of benzene rings is 1. The zero-order chi connectivity index (χ0) is 23.1. The largest absolute Gasteiger partial charge is 0.361 e. The zero-order valence-electron chi connectivity index (χ0n) is 19.7. The molecular weight excluding hydrogens is 426 g/mol. The van der Waals surface area contributed by atoms with Crippen LogP contribution in [0.2, 0.25) is 25.7 Å². The molecule has 2 aliphatic heterocycles. The zero-order valence-corrected chi connectivity index (χ0v) is 20.7. The van der Waals surface area contributed by atoms with Gasteiger partial charge in [-0.05, 0) is 35.2 Å². The summed E-state index contributed by atoms with van der Waals surface area (Å²) in [5.41, 5.74) is 11.2. The van der Waals surface area contributed by atoms with E-state index in [2.05, 4.69) is 77.1 Å². The van der Waals surface area contributed by atoms with Crippen LogP contribution in [0.5, 0.6) is 0 Å². The smallest absolute Gasteiger partial charge is 0.123 e. The van der Waals surface area contributed by atoms with E-state index in [9.17, 15) is 0 Å². The topological polar surface area (TPSA) is 76.1 Å². The van der Waals surface area contributed by atoms with Gasteiger partial charge in [0, 0.05) is 39.2 Å². The van der Waals surface area contributed by atoms with E-state index in [1.54, 1.807) is 6.34 Å². The summed E-state index contributed by atoms with van der Waals surface area (Å²) in [6.45, 7) is 8.44. The number of fused-ring (bicyclic) bond motifs is 2. The molecule has 172 valence electrons. The maximum Gasteiger partial charge on any atom is 0.123 e. The molecule has 0 radical (unpaired) electrons. The van der Waals surface area contributed by atoms with Gasteiger partial charge in [0.25, 0.3) is 0 Å². The first-order chi connectivity index (χ1) is 15.8. The molecule has 6 nitrogen and oxygen atoms in total. The average Bonchev–Trinajstić information content (AvgIpc) is 3.37. The number of nitrogens with zero attached hydrogens (tertiary/aromatic N) is 4. The molecule has 0 bridgehead atoms. The SMILES string of the molecule is C[Si](C)(C)CCOCN1C=C[C@@H]2C1=NC=NC2c1cccc(C2(N)Cc3cccnc3C2)c1. The van der Waals surface area contributed by atoms with Gasteiger partial charge in [-0.3, -0.25) is 9.98 Å². The standard InChI is InChI=1S/C26H33N5OSi/c1-33(2,3)13-12-32-18-31-11-9-22-24(29-17-30-25(22)31)19-6-4-8-21(14-19)26(27)15-20-7-5-10-28-23(20)16-26/h4-11,14,17,22,24H,12-13,15-16,18,27H2,1-3H3/t22-,24?,26?/m0/s1. The van der Waals surface area contributed by atoms with E-state index in [4.69, 9.17) is 15.5 Å². The highest BCUT2D eigenvalue weighted by Gasteiger charge is 2.38. The molecule has 0 amide bonds. The number of aromatic nitrogens is 1. The molecule has 0 fully saturated rings. The molecule has 7 heteroatoms. The predicted octanol–water partition coefficient (Wildman–Crippen LogP) is 4.27. The lowest BCUT2D eigenvalue weighted by atomic mass is 9.84. The number of hydrogen-bond donors (Lipinski definition) is 1. The van der Waals surface area contributed by atoms with Gasteiger partial charge < -0.3 is 15.4 Å². The Labute approximate surface area is 197 Å². The van der Waals surface area contributed by atoms with Crippen LogP contribution >= 0.6 is 0 Å². The molecule has 3 aliphatic rings. The lowest BCUT2D eigenvalue weighted by Gasteiger charge is -2.29. The second kappa shape index (κ2) is 8.63. The minimum atomic E-state index is -1.09. The van der Waals surface area contributed by atoms with Gasteiger partial charge in [0.05, 0.1) is 17.5 Å². The van der Waals surface area contributed by atoms with Gasteiger partial charge >= 0.3 is 0 Å². The van der Waals surface area contributed by atoms with E-state index in [1.807, 2.05) is 12.3 Å². The lowest BCUT2D eigenvalue weighted by Crippen LogP contribution is -2.38. The third-order valence-electron chi connectivity index (χ3n) is 6.83. The number of amidine groups is 1. The van der Waals surface area contributed by atoms with Crippen molar-refractivity contribution in [2.24, 2.45) is 21.6 Å². The Bertz CT molecular complexity index is 1090. The molecule has 33 heavy (non-hydrogen) atoms. The van der Waals surface area contributed by atoms with E-state index < -0.39 is 13.6 Å². The van der Waals surface area contributed by atoms with Crippen molar-refractivity contribution in [2.75, 3.05) is 13.3 Å². The van der Waals surface area contributed by atoms with Gasteiger partial charge in [-0.1, -0.05) is 56.0 Å². The highest BCUT2D eigenvalue weighted by molar-refractivity contribution is 6.76. The Kier molecular flexibility index (Phi) is 5.80. The van der Waals surface area contributed by atoms with Crippen LogP contribution in [0, 0.1) is 5.92 Å². The summed E-state index contributed by atoms with van der Waals surface area (Å²) in [5, 5.41) is 0. The molecule has 1 aromatic heterocycles. The molecule has 0 saturated heterocycles. The summed E-state index contributed by atoms with van der Waals surface area (Å²) in [4.78, 5) is 16.0. The highest BCUT2D eigenvalue weighted by atomic mass is 28.3. The van der Waals surface area contributed by atoms with Crippen molar-refractivity contribution in [3.8, 4) is 0 Å². The van der Waals surface area contributed by atoms with Crippen molar-refractivity contribution < 1.29 is 4.74 Å². The summed E-state index contributed by atoms with van der Waals surface area (Å²) in [6.07, 6.45) is 9.41. The van der Waals surface area contributed by atoms with E-state index in [-0.39, 0.29) is 12.0 Å². The highest BCUT2D eigenvalue weighted by Crippen LogP contribution is 2.39. The number of hydrogen-bond acceptors (Lipinski definition) is 6. The molecule has 5 rings (SSSR count). The van der Waals surface area contributed by atoms with Crippen LogP contribution in [0.1, 0.15) is 28.4 Å². The maximum atomic E-state index is 6.92. The van der Waals surface area contributed by atoms with Gasteiger partial charge in [-0.25, -0.2) is 4.99 Å². The van der Waals surface area contributed by atoms with Crippen molar-refractivity contribution >= 4 is 20.2 Å². The van der Waals surface area contributed by atoms with Crippen LogP contribution in [-0.2, 0) is 23.1 Å². The number of nitrogens with two attached hydrogens (primary N) is 1. The van der Waals surface area contributed by atoms with Crippen LogP contribution in [0.3, 0.4) is 0 Å². The summed E-state index contributed by atoms with van der Waals surface area (Å²) in [7, 11) is -1.09. The fraction of sp³-hybridized carbons (Fsp3) is 0.423. The third-order valence-corrected chi connectivity index (χ3v) is 8.53. The van der Waals surface area contributed by atoms with Crippen molar-refractivity contribution in [2.45, 2.75) is 50.1 Å². The molecule has 2 unspecified atom stereocenters. The Morgan fingerprint density at radius 2 is 2.06 bits per heavy atom. The molecular formula is C26H33N5OSi. The Morgan fingerprint density at radius 1 is 1.18 bits per heavy atom. The Balaban J connectivity index is 1.29. The van der Waals surface area contributed by atoms with Crippen LogP contribution in [0.25, 0.3) is 0 Å². The summed E-state index contributed by atoms with van der Waals surface area (Å²) in [5.74, 6) is 1.12. The molecule has 3 heterocycles. The second-order valence-electron chi connectivity index (χ2n) is 10.6. The summed E-state index contributed by atoms with van der Waals surface area (Å²) in [6, 6.07) is 13.9. The van der Waals surface area contributed by atoms with Gasteiger partial charge in [0.1, 0.15) is 18.9 Å². The summed E-state index contributed by atoms with van der Waals surface area (Å²) >= 11 is 0. The molecule has 2 aromatic rings. The van der Waals surface area contributed by atoms with Crippen LogP contribution in [0.15, 0.2) is 64.9 Å². The van der Waals surface area contributed by atoms with Crippen molar-refractivity contribution in [3.63, 3.8) is 0 Å². The molecule has 3 atom stereocenters. The Hall–Kier alpha value is -2.61. The molecule has 0 saturated carbocycles. The summed E-state index contributed by atoms with van der Waals surface area (Å²) < 4.78 is 5.98. The number of pyridine rings is 1. The maximum absolute atomic E-state index is 6.92. The van der Waals surface area contributed by atoms with Crippen molar-refractivity contribution in [1.82, 2.24) is 9.88 Å². The van der Waals surface area contributed by atoms with E-state index in [0.717, 1.165) is 42.6 Å². The van der Waals surface area contributed by atoms with Crippen molar-refractivity contribution in [3.05, 3.63) is 77.3 Å². The lowest BCUT2D eigenvalue weighted by molar-refractivity contribution is 0.0936. The van der Waals surface area contributed by atoms with Crippen molar-refractivity contribution in [1.29, 1.82) is 0 Å². The van der Waals surface area contributed by atoms with Gasteiger partial charge in [0.2, 0.25) is 0 Å². The fourth-order valence-corrected chi connectivity index (χ4v) is 5.64. The average molecular weight is 460 g/mol. The van der Waals surface area contributed by atoms with Crippen LogP contribution < -0.4 is 5.73 Å². The molecule has 1 aliphatic carbocycles. The normalized spacial score (nSPS) is 25.8. The molecule has 1 aromatic carbocycles. The van der Waals surface area contributed by atoms with E-state index >= 15 is 0 Å². The molecule has 0 spiro atoms. The molecule has 2 N–H and O–H groups in total. The van der Waals surface area contributed by atoms with Gasteiger partial charge in [0.15, 0.2) is 0 Å². The van der Waals surface area contributed by atoms with Crippen LogP contribution in [-0.4, -0.2) is 43.5 Å². The monoisotopic (exact) mass is 459 g/mol. The van der Waals surface area contributed by atoms with E-state index in [0.29, 0.717) is 6.73 Å². The number of ether oxygens (including phenoxy) is 1. The first kappa shape index (κ1) is 22.2. The minimum absolute atomic E-state index is 0.00816. The Morgan fingerprint density at radius 3 is 2.88 bits per heavy atom. The van der Waals surface area contributed by atoms with E-state index in [1.165, 1.54) is 11.1 Å². The number of rotatable bonds is 7. The minimum Gasteiger partial charge on any atom is -0.361 e. The third kappa shape index (κ3) is 4.58. The van der Waals surface area contributed by atoms with Gasteiger partial charge in [-0.15, -0.1) is 0 Å². The first-order valence-electron chi connectivity index (χ1n) is 11.8. The van der Waals surface area contributed by atoms with Crippen LogP contribution in [0.4, 0.5) is 0 Å². The second-order valence-corrected chi connectivity index (χ2v) is 16.2. The number of aliphatic imine (C=N–C) groups is 2. The quantitative estimate of drug-likeness (QED) is 0.495.